The second-order valence-electron chi connectivity index (χ2n) is 7.15. The van der Waals surface area contributed by atoms with Crippen LogP contribution in [0.3, 0.4) is 0 Å². The van der Waals surface area contributed by atoms with Crippen LogP contribution < -0.4 is 10.6 Å². The van der Waals surface area contributed by atoms with Crippen molar-refractivity contribution in [2.24, 2.45) is 5.73 Å². The highest BCUT2D eigenvalue weighted by atomic mass is 16.6. The number of aromatic nitrogens is 1. The summed E-state index contributed by atoms with van der Waals surface area (Å²) in [7, 11) is 0. The van der Waals surface area contributed by atoms with Crippen molar-refractivity contribution < 1.29 is 14.3 Å². The van der Waals surface area contributed by atoms with Gasteiger partial charge in [0.25, 0.3) is 5.91 Å². The number of pyridine rings is 1. The van der Waals surface area contributed by atoms with E-state index in [2.05, 4.69) is 35.6 Å². The minimum Gasteiger partial charge on any atom is -0.448 e. The summed E-state index contributed by atoms with van der Waals surface area (Å²) in [6.07, 6.45) is 3.45. The maximum atomic E-state index is 12.3. The molecule has 2 heterocycles. The fourth-order valence-electron chi connectivity index (χ4n) is 3.30. The van der Waals surface area contributed by atoms with Crippen LogP contribution in [0.5, 0.6) is 0 Å². The predicted octanol–water partition coefficient (Wildman–Crippen LogP) is 1.95. The van der Waals surface area contributed by atoms with Crippen LogP contribution in [-0.4, -0.2) is 78.7 Å². The van der Waals surface area contributed by atoms with Gasteiger partial charge in [0, 0.05) is 38.8 Å². The summed E-state index contributed by atoms with van der Waals surface area (Å²) in [6, 6.07) is 3.98. The predicted molar refractivity (Wildman–Crippen MR) is 110 cm³/mol. The second-order valence-corrected chi connectivity index (χ2v) is 7.15. The number of nitrogens with two attached hydrogens (primary N) is 1. The summed E-state index contributed by atoms with van der Waals surface area (Å²) in [6.45, 7) is 11.4. The van der Waals surface area contributed by atoms with Crippen molar-refractivity contribution >= 4 is 17.7 Å². The molecular weight excluding hydrogens is 358 g/mol. The average molecular weight is 392 g/mol. The number of nitrogens with zero attached hydrogens (tertiary/aromatic N) is 4. The van der Waals surface area contributed by atoms with E-state index in [1.165, 1.54) is 0 Å². The first-order valence-corrected chi connectivity index (χ1v) is 10.1. The van der Waals surface area contributed by atoms with Crippen LogP contribution in [0.25, 0.3) is 0 Å². The molecule has 2 rings (SSSR count). The number of hydrogen-bond acceptors (Lipinski definition) is 6. The molecular formula is C20H33N5O3. The van der Waals surface area contributed by atoms with Crippen molar-refractivity contribution in [2.45, 2.75) is 39.7 Å². The van der Waals surface area contributed by atoms with Gasteiger partial charge in [-0.2, -0.15) is 0 Å². The Balaban J connectivity index is 1.80. The molecule has 156 valence electrons. The number of carbonyl (C=O) groups is 2. The minimum atomic E-state index is -0.545. The molecule has 0 radical (unpaired) electrons. The maximum absolute atomic E-state index is 12.3. The van der Waals surface area contributed by atoms with E-state index in [-0.39, 0.29) is 11.8 Å². The SMILES string of the molecule is CCCN(CCOC(=O)N1CCN(C(C)CC)CC1)c1ccc(C(N)=O)nc1. The molecule has 2 amide bonds. The molecule has 1 aliphatic heterocycles. The van der Waals surface area contributed by atoms with Crippen LogP contribution in [0.1, 0.15) is 44.1 Å². The fraction of sp³-hybridized carbons (Fsp3) is 0.650. The number of piperazine rings is 1. The zero-order valence-electron chi connectivity index (χ0n) is 17.3. The molecule has 1 fully saturated rings. The summed E-state index contributed by atoms with van der Waals surface area (Å²) >= 11 is 0. The zero-order chi connectivity index (χ0) is 20.5. The standard InChI is InChI=1S/C20H33N5O3/c1-4-8-24(17-6-7-18(19(21)26)22-15-17)13-14-28-20(27)25-11-9-23(10-12-25)16(3)5-2/h6-7,15-16H,4-5,8-14H2,1-3H3,(H2,21,26). The van der Waals surface area contributed by atoms with Gasteiger partial charge in [-0.1, -0.05) is 13.8 Å². The molecule has 1 unspecified atom stereocenters. The Kier molecular flexibility index (Phi) is 8.50. The number of rotatable bonds is 9. The number of amides is 2. The number of ether oxygens (including phenoxy) is 1. The molecule has 8 heteroatoms. The number of primary amides is 1. The first-order chi connectivity index (χ1) is 13.5. The van der Waals surface area contributed by atoms with E-state index >= 15 is 0 Å². The summed E-state index contributed by atoms with van der Waals surface area (Å²) in [5.41, 5.74) is 6.35. The van der Waals surface area contributed by atoms with Gasteiger partial charge in [-0.25, -0.2) is 9.78 Å². The Morgan fingerprint density at radius 2 is 1.93 bits per heavy atom. The molecule has 0 spiro atoms. The van der Waals surface area contributed by atoms with Crippen LogP contribution in [0.15, 0.2) is 18.3 Å². The molecule has 1 saturated heterocycles. The lowest BCUT2D eigenvalue weighted by molar-refractivity contribution is 0.0667. The molecule has 1 aliphatic rings. The molecule has 8 nitrogen and oxygen atoms in total. The van der Waals surface area contributed by atoms with Crippen molar-refractivity contribution in [1.29, 1.82) is 0 Å². The smallest absolute Gasteiger partial charge is 0.409 e. The Morgan fingerprint density at radius 1 is 1.21 bits per heavy atom. The highest BCUT2D eigenvalue weighted by molar-refractivity contribution is 5.90. The van der Waals surface area contributed by atoms with E-state index in [9.17, 15) is 9.59 Å². The van der Waals surface area contributed by atoms with Crippen LogP contribution in [0, 0.1) is 0 Å². The number of hydrogen-bond donors (Lipinski definition) is 1. The summed E-state index contributed by atoms with van der Waals surface area (Å²) in [5, 5.41) is 0. The lowest BCUT2D eigenvalue weighted by Gasteiger charge is -2.37. The fourth-order valence-corrected chi connectivity index (χ4v) is 3.30. The Morgan fingerprint density at radius 3 is 2.46 bits per heavy atom. The van der Waals surface area contributed by atoms with Crippen LogP contribution in [0.2, 0.25) is 0 Å². The molecule has 0 saturated carbocycles. The van der Waals surface area contributed by atoms with Gasteiger partial charge in [-0.05, 0) is 31.9 Å². The van der Waals surface area contributed by atoms with E-state index < -0.39 is 5.91 Å². The second kappa shape index (κ2) is 10.8. The third-order valence-corrected chi connectivity index (χ3v) is 5.23. The molecule has 0 bridgehead atoms. The third-order valence-electron chi connectivity index (χ3n) is 5.23. The molecule has 1 aromatic heterocycles. The van der Waals surface area contributed by atoms with Crippen molar-refractivity contribution in [2.75, 3.05) is 50.8 Å². The van der Waals surface area contributed by atoms with Gasteiger partial charge in [0.1, 0.15) is 12.3 Å². The number of anilines is 1. The Labute approximate surface area is 167 Å². The van der Waals surface area contributed by atoms with E-state index in [1.807, 2.05) is 6.07 Å². The molecule has 0 aliphatic carbocycles. The Hall–Kier alpha value is -2.35. The lowest BCUT2D eigenvalue weighted by Crippen LogP contribution is -2.51. The van der Waals surface area contributed by atoms with E-state index in [1.54, 1.807) is 17.2 Å². The van der Waals surface area contributed by atoms with Gasteiger partial charge in [-0.15, -0.1) is 0 Å². The first-order valence-electron chi connectivity index (χ1n) is 10.1. The van der Waals surface area contributed by atoms with E-state index in [0.29, 0.717) is 32.3 Å². The summed E-state index contributed by atoms with van der Waals surface area (Å²) in [5.74, 6) is -0.545. The summed E-state index contributed by atoms with van der Waals surface area (Å²) < 4.78 is 5.50. The van der Waals surface area contributed by atoms with Gasteiger partial charge < -0.3 is 20.3 Å². The highest BCUT2D eigenvalue weighted by Crippen LogP contribution is 2.14. The molecule has 0 aromatic carbocycles. The van der Waals surface area contributed by atoms with Gasteiger partial charge in [0.15, 0.2) is 0 Å². The van der Waals surface area contributed by atoms with Crippen LogP contribution in [0.4, 0.5) is 10.5 Å². The van der Waals surface area contributed by atoms with E-state index in [4.69, 9.17) is 10.5 Å². The van der Waals surface area contributed by atoms with Gasteiger partial charge in [-0.3, -0.25) is 9.69 Å². The van der Waals surface area contributed by atoms with Crippen LogP contribution in [-0.2, 0) is 4.74 Å². The topological polar surface area (TPSA) is 92.0 Å². The lowest BCUT2D eigenvalue weighted by atomic mass is 10.2. The van der Waals surface area contributed by atoms with Crippen molar-refractivity contribution in [3.63, 3.8) is 0 Å². The molecule has 2 N–H and O–H groups in total. The van der Waals surface area contributed by atoms with Gasteiger partial charge in [0.05, 0.1) is 18.4 Å². The molecule has 1 aromatic rings. The first kappa shape index (κ1) is 21.9. The minimum absolute atomic E-state index is 0.239. The zero-order valence-corrected chi connectivity index (χ0v) is 17.3. The van der Waals surface area contributed by atoms with Crippen molar-refractivity contribution in [3.8, 4) is 0 Å². The van der Waals surface area contributed by atoms with E-state index in [0.717, 1.165) is 38.2 Å². The maximum Gasteiger partial charge on any atom is 0.409 e. The molecule has 1 atom stereocenters. The molecule has 28 heavy (non-hydrogen) atoms. The van der Waals surface area contributed by atoms with Crippen molar-refractivity contribution in [3.05, 3.63) is 24.0 Å². The van der Waals surface area contributed by atoms with Crippen LogP contribution >= 0.6 is 0 Å². The number of carbonyl (C=O) groups excluding carboxylic acids is 2. The van der Waals surface area contributed by atoms with Crippen molar-refractivity contribution in [1.82, 2.24) is 14.8 Å². The van der Waals surface area contributed by atoms with Gasteiger partial charge in [0.2, 0.25) is 0 Å². The normalized spacial score (nSPS) is 15.9. The average Bonchev–Trinajstić information content (AvgIpc) is 2.72. The highest BCUT2D eigenvalue weighted by Gasteiger charge is 2.24. The monoisotopic (exact) mass is 391 g/mol. The third kappa shape index (κ3) is 6.09. The summed E-state index contributed by atoms with van der Waals surface area (Å²) in [4.78, 5) is 33.9. The Bertz CT molecular complexity index is 629. The largest absolute Gasteiger partial charge is 0.448 e. The quantitative estimate of drug-likeness (QED) is 0.692. The van der Waals surface area contributed by atoms with Gasteiger partial charge >= 0.3 is 6.09 Å².